The first-order valence-electron chi connectivity index (χ1n) is 9.36. The number of rotatable bonds is 7. The fraction of sp³-hybridized carbons (Fsp3) is 0.0870. The highest BCUT2D eigenvalue weighted by atomic mass is 32.2. The van der Waals surface area contributed by atoms with Gasteiger partial charge in [-0.05, 0) is 36.4 Å². The second-order valence-electron chi connectivity index (χ2n) is 6.48. The molecule has 1 amide bonds. The number of nitrogens with zero attached hydrogens (tertiary/aromatic N) is 2. The number of ether oxygens (including phenoxy) is 1. The molecule has 0 radical (unpaired) electrons. The lowest BCUT2D eigenvalue weighted by Crippen LogP contribution is -2.23. The van der Waals surface area contributed by atoms with Gasteiger partial charge in [-0.25, -0.2) is 4.98 Å². The number of fused-ring (bicyclic) bond motifs is 1. The zero-order valence-electron chi connectivity index (χ0n) is 16.0. The summed E-state index contributed by atoms with van der Waals surface area (Å²) in [6, 6.07) is 24.9. The Hall–Kier alpha value is -3.58. The van der Waals surface area contributed by atoms with Gasteiger partial charge in [0, 0.05) is 9.79 Å². The van der Waals surface area contributed by atoms with E-state index in [4.69, 9.17) is 4.74 Å². The molecule has 1 heterocycles. The number of para-hydroxylation sites is 3. The molecule has 1 aromatic heterocycles. The number of nitrogens with one attached hydrogen (secondary N) is 1. The minimum atomic E-state index is -0.500. The van der Waals surface area contributed by atoms with Gasteiger partial charge in [0.15, 0.2) is 6.61 Å². The number of imidazole rings is 1. The number of benzene rings is 3. The number of carbonyl (C=O) groups is 2. The Kier molecular flexibility index (Phi) is 6.10. The van der Waals surface area contributed by atoms with E-state index in [9.17, 15) is 9.59 Å². The van der Waals surface area contributed by atoms with E-state index < -0.39 is 5.97 Å². The van der Waals surface area contributed by atoms with Crippen molar-refractivity contribution >= 4 is 40.4 Å². The van der Waals surface area contributed by atoms with Gasteiger partial charge in [0.05, 0.1) is 23.0 Å². The third-order valence-corrected chi connectivity index (χ3v) is 5.41. The lowest BCUT2D eigenvalue weighted by molar-refractivity contribution is -0.147. The van der Waals surface area contributed by atoms with Gasteiger partial charge >= 0.3 is 5.97 Å². The van der Waals surface area contributed by atoms with Gasteiger partial charge in [-0.1, -0.05) is 54.2 Å². The standard InChI is InChI=1S/C23H19N3O3S/c27-22(15-29-23(28)14-26-16-24-18-10-4-6-12-20(18)26)25-19-11-5-7-13-21(19)30-17-8-2-1-3-9-17/h1-13,16H,14-15H2,(H,25,27). The molecule has 6 nitrogen and oxygen atoms in total. The third kappa shape index (κ3) is 4.87. The van der Waals surface area contributed by atoms with Crippen LogP contribution in [-0.2, 0) is 20.9 Å². The van der Waals surface area contributed by atoms with Crippen molar-refractivity contribution in [1.29, 1.82) is 0 Å². The Bertz CT molecular complexity index is 1170. The van der Waals surface area contributed by atoms with Crippen LogP contribution >= 0.6 is 11.8 Å². The van der Waals surface area contributed by atoms with Crippen LogP contribution in [0.5, 0.6) is 0 Å². The minimum absolute atomic E-state index is 0.00571. The predicted molar refractivity (Wildman–Crippen MR) is 116 cm³/mol. The van der Waals surface area contributed by atoms with E-state index in [2.05, 4.69) is 10.3 Å². The SMILES string of the molecule is O=C(COC(=O)Cn1cnc2ccccc21)Nc1ccccc1Sc1ccccc1. The molecule has 4 aromatic rings. The number of hydrogen-bond donors (Lipinski definition) is 1. The summed E-state index contributed by atoms with van der Waals surface area (Å²) < 4.78 is 6.85. The number of amides is 1. The molecule has 0 spiro atoms. The molecule has 1 N–H and O–H groups in total. The fourth-order valence-electron chi connectivity index (χ4n) is 2.93. The Balaban J connectivity index is 1.33. The lowest BCUT2D eigenvalue weighted by atomic mass is 10.3. The summed E-state index contributed by atoms with van der Waals surface area (Å²) in [6.45, 7) is -0.357. The van der Waals surface area contributed by atoms with Crippen LogP contribution in [0.25, 0.3) is 11.0 Å². The summed E-state index contributed by atoms with van der Waals surface area (Å²) in [7, 11) is 0. The van der Waals surface area contributed by atoms with Gasteiger partial charge in [-0.3, -0.25) is 9.59 Å². The zero-order valence-corrected chi connectivity index (χ0v) is 16.8. The first kappa shape index (κ1) is 19.7. The van der Waals surface area contributed by atoms with Crippen molar-refractivity contribution in [3.63, 3.8) is 0 Å². The van der Waals surface area contributed by atoms with Gasteiger partial charge in [0.1, 0.15) is 6.54 Å². The molecule has 0 aliphatic rings. The highest BCUT2D eigenvalue weighted by molar-refractivity contribution is 7.99. The smallest absolute Gasteiger partial charge is 0.326 e. The maximum atomic E-state index is 12.3. The van der Waals surface area contributed by atoms with Crippen molar-refractivity contribution in [2.24, 2.45) is 0 Å². The number of carbonyl (C=O) groups excluding carboxylic acids is 2. The maximum Gasteiger partial charge on any atom is 0.326 e. The molecule has 4 rings (SSSR count). The van der Waals surface area contributed by atoms with Crippen molar-refractivity contribution in [2.75, 3.05) is 11.9 Å². The summed E-state index contributed by atoms with van der Waals surface area (Å²) in [6.07, 6.45) is 1.59. The first-order chi connectivity index (χ1) is 14.7. The number of esters is 1. The van der Waals surface area contributed by atoms with E-state index in [1.54, 1.807) is 22.7 Å². The van der Waals surface area contributed by atoms with Crippen LogP contribution in [0.2, 0.25) is 0 Å². The lowest BCUT2D eigenvalue weighted by Gasteiger charge is -2.11. The van der Waals surface area contributed by atoms with Gasteiger partial charge in [-0.15, -0.1) is 0 Å². The molecular formula is C23H19N3O3S. The van der Waals surface area contributed by atoms with Crippen molar-refractivity contribution < 1.29 is 14.3 Å². The molecule has 0 aliphatic carbocycles. The monoisotopic (exact) mass is 417 g/mol. The van der Waals surface area contributed by atoms with Crippen LogP contribution in [0.15, 0.2) is 95.0 Å². The Labute approximate surface area is 177 Å². The van der Waals surface area contributed by atoms with Crippen molar-refractivity contribution in [3.05, 3.63) is 85.2 Å². The number of aromatic nitrogens is 2. The Morgan fingerprint density at radius 2 is 1.67 bits per heavy atom. The van der Waals surface area contributed by atoms with E-state index in [-0.39, 0.29) is 19.1 Å². The summed E-state index contributed by atoms with van der Waals surface area (Å²) in [4.78, 5) is 30.7. The zero-order chi connectivity index (χ0) is 20.8. The molecule has 0 fully saturated rings. The van der Waals surface area contributed by atoms with E-state index in [0.717, 1.165) is 20.8 Å². The van der Waals surface area contributed by atoms with Gasteiger partial charge < -0.3 is 14.6 Å². The fourth-order valence-corrected chi connectivity index (χ4v) is 3.85. The number of anilines is 1. The predicted octanol–water partition coefficient (Wildman–Crippen LogP) is 4.37. The van der Waals surface area contributed by atoms with Crippen LogP contribution in [-0.4, -0.2) is 28.0 Å². The van der Waals surface area contributed by atoms with Crippen LogP contribution in [0.1, 0.15) is 0 Å². The topological polar surface area (TPSA) is 73.2 Å². The maximum absolute atomic E-state index is 12.3. The Morgan fingerprint density at radius 1 is 0.933 bits per heavy atom. The van der Waals surface area contributed by atoms with Crippen molar-refractivity contribution in [1.82, 2.24) is 9.55 Å². The highest BCUT2D eigenvalue weighted by Gasteiger charge is 2.12. The molecule has 150 valence electrons. The molecule has 30 heavy (non-hydrogen) atoms. The summed E-state index contributed by atoms with van der Waals surface area (Å²) in [5.74, 6) is -0.889. The van der Waals surface area contributed by atoms with Crippen molar-refractivity contribution in [2.45, 2.75) is 16.3 Å². The molecule has 0 aliphatic heterocycles. The second kappa shape index (κ2) is 9.28. The average Bonchev–Trinajstić information content (AvgIpc) is 3.17. The summed E-state index contributed by atoms with van der Waals surface area (Å²) in [5.41, 5.74) is 2.31. The molecule has 3 aromatic carbocycles. The van der Waals surface area contributed by atoms with Gasteiger partial charge in [-0.2, -0.15) is 0 Å². The third-order valence-electron chi connectivity index (χ3n) is 4.32. The minimum Gasteiger partial charge on any atom is -0.454 e. The van der Waals surface area contributed by atoms with Crippen molar-refractivity contribution in [3.8, 4) is 0 Å². The normalized spacial score (nSPS) is 10.7. The molecule has 0 bridgehead atoms. The van der Waals surface area contributed by atoms with Crippen LogP contribution in [0, 0.1) is 0 Å². The summed E-state index contributed by atoms with van der Waals surface area (Å²) in [5, 5.41) is 2.82. The molecular weight excluding hydrogens is 398 g/mol. The highest BCUT2D eigenvalue weighted by Crippen LogP contribution is 2.33. The second-order valence-corrected chi connectivity index (χ2v) is 7.60. The Morgan fingerprint density at radius 3 is 2.53 bits per heavy atom. The molecule has 7 heteroatoms. The quantitative estimate of drug-likeness (QED) is 0.452. The van der Waals surface area contributed by atoms with Crippen LogP contribution in [0.4, 0.5) is 5.69 Å². The first-order valence-corrected chi connectivity index (χ1v) is 10.2. The summed E-state index contributed by atoms with van der Waals surface area (Å²) >= 11 is 1.55. The molecule has 0 saturated carbocycles. The van der Waals surface area contributed by atoms with E-state index >= 15 is 0 Å². The van der Waals surface area contributed by atoms with Crippen LogP contribution in [0.3, 0.4) is 0 Å². The number of hydrogen-bond acceptors (Lipinski definition) is 5. The molecule has 0 saturated heterocycles. The van der Waals surface area contributed by atoms with Gasteiger partial charge in [0.25, 0.3) is 5.91 Å². The largest absolute Gasteiger partial charge is 0.454 e. The van der Waals surface area contributed by atoms with E-state index in [1.165, 1.54) is 0 Å². The van der Waals surface area contributed by atoms with E-state index in [1.807, 2.05) is 78.9 Å². The van der Waals surface area contributed by atoms with E-state index in [0.29, 0.717) is 5.69 Å². The molecule has 0 unspecified atom stereocenters. The van der Waals surface area contributed by atoms with Gasteiger partial charge in [0.2, 0.25) is 0 Å². The van der Waals surface area contributed by atoms with Crippen LogP contribution < -0.4 is 5.32 Å². The average molecular weight is 417 g/mol. The molecule has 0 atom stereocenters.